The average molecular weight is 653 g/mol. The van der Waals surface area contributed by atoms with E-state index < -0.39 is 31.0 Å². The summed E-state index contributed by atoms with van der Waals surface area (Å²) in [5, 5.41) is 0. The summed E-state index contributed by atoms with van der Waals surface area (Å²) in [6, 6.07) is 24.4. The van der Waals surface area contributed by atoms with Crippen molar-refractivity contribution in [2.45, 2.75) is 61.1 Å². The molecule has 5 rings (SSSR count). The molecule has 0 fully saturated rings. The lowest BCUT2D eigenvalue weighted by Crippen LogP contribution is -2.18. The molecule has 1 heterocycles. The molecule has 0 saturated carbocycles. The van der Waals surface area contributed by atoms with Crippen molar-refractivity contribution in [2.75, 3.05) is 13.2 Å². The van der Waals surface area contributed by atoms with Crippen LogP contribution in [0.15, 0.2) is 105 Å². The maximum Gasteiger partial charge on any atom is 0.296 e. The second-order valence-electron chi connectivity index (χ2n) is 13.3. The Morgan fingerprint density at radius 1 is 0.523 bits per heavy atom. The Hall–Kier alpha value is -3.15. The molecule has 7 nitrogen and oxygen atoms in total. The molecule has 0 atom stereocenters. The highest BCUT2D eigenvalue weighted by molar-refractivity contribution is 7.87. The molecular weight excluding hydrogens is 617 g/mol. The zero-order valence-corrected chi connectivity index (χ0v) is 28.0. The quantitative estimate of drug-likeness (QED) is 0.159. The largest absolute Gasteiger partial charge is 0.296 e. The van der Waals surface area contributed by atoms with E-state index in [4.69, 9.17) is 8.37 Å². The first kappa shape index (κ1) is 32.2. The van der Waals surface area contributed by atoms with Crippen LogP contribution in [0.4, 0.5) is 0 Å². The van der Waals surface area contributed by atoms with Crippen LogP contribution < -0.4 is 0 Å². The van der Waals surface area contributed by atoms with E-state index in [0.717, 1.165) is 33.4 Å². The van der Waals surface area contributed by atoms with Gasteiger partial charge in [-0.05, 0) is 81.6 Å². The van der Waals surface area contributed by atoms with Crippen LogP contribution in [0.1, 0.15) is 41.5 Å². The SMILES string of the molecule is CC(C)(C)COS(=O)(=O)c1ccc(-c2ccc3c(c2)-c2cc(-c4ccc(S(=O)(=O)OCC(C)(C)C)cc4)ccc2S3=O)cc1. The monoisotopic (exact) mass is 652 g/mol. The van der Waals surface area contributed by atoms with Crippen molar-refractivity contribution in [3.8, 4) is 33.4 Å². The highest BCUT2D eigenvalue weighted by Crippen LogP contribution is 2.44. The topological polar surface area (TPSA) is 104 Å². The smallest absolute Gasteiger partial charge is 0.266 e. The van der Waals surface area contributed by atoms with Crippen LogP contribution >= 0.6 is 0 Å². The Bertz CT molecular complexity index is 1800. The Morgan fingerprint density at radius 3 is 1.16 bits per heavy atom. The van der Waals surface area contributed by atoms with Gasteiger partial charge in [0, 0.05) is 11.1 Å². The number of fused-ring (bicyclic) bond motifs is 3. The van der Waals surface area contributed by atoms with Gasteiger partial charge in [-0.1, -0.05) is 77.9 Å². The summed E-state index contributed by atoms with van der Waals surface area (Å²) < 4.78 is 74.3. The molecular formula is C34H36O7S3. The Labute approximate surface area is 263 Å². The molecule has 0 radical (unpaired) electrons. The van der Waals surface area contributed by atoms with Crippen molar-refractivity contribution in [3.63, 3.8) is 0 Å². The first-order chi connectivity index (χ1) is 20.4. The zero-order chi connectivity index (χ0) is 32.1. The van der Waals surface area contributed by atoms with E-state index in [1.807, 2.05) is 77.9 Å². The van der Waals surface area contributed by atoms with Crippen LogP contribution in [0.3, 0.4) is 0 Å². The maximum atomic E-state index is 13.3. The summed E-state index contributed by atoms with van der Waals surface area (Å²) in [5.74, 6) is 0. The molecule has 10 heteroatoms. The lowest BCUT2D eigenvalue weighted by atomic mass is 9.96. The Balaban J connectivity index is 1.41. The standard InChI is InChI=1S/C34H36O7S3/c1-33(2,3)21-40-43(36,37)27-13-7-23(8-14-27)25-11-17-31-29(19-25)30-20-26(12-18-32(30)42(31)35)24-9-15-28(16-10-24)44(38,39)41-22-34(4,5)6/h7-20H,21-22H2,1-6H3. The molecule has 0 amide bonds. The van der Waals surface area contributed by atoms with Gasteiger partial charge in [0.05, 0.1) is 43.6 Å². The molecule has 4 aromatic rings. The van der Waals surface area contributed by atoms with E-state index in [9.17, 15) is 21.0 Å². The van der Waals surface area contributed by atoms with Crippen molar-refractivity contribution in [3.05, 3.63) is 84.9 Å². The fraction of sp³-hybridized carbons (Fsp3) is 0.294. The highest BCUT2D eigenvalue weighted by Gasteiger charge is 2.27. The van der Waals surface area contributed by atoms with Gasteiger partial charge in [0.2, 0.25) is 0 Å². The van der Waals surface area contributed by atoms with Gasteiger partial charge in [-0.2, -0.15) is 16.8 Å². The second-order valence-corrected chi connectivity index (χ2v) is 17.9. The maximum absolute atomic E-state index is 13.3. The minimum Gasteiger partial charge on any atom is -0.266 e. The lowest BCUT2D eigenvalue weighted by molar-refractivity contribution is 0.203. The van der Waals surface area contributed by atoms with Crippen molar-refractivity contribution in [1.82, 2.24) is 0 Å². The fourth-order valence-corrected chi connectivity index (χ4v) is 8.14. The van der Waals surface area contributed by atoms with Gasteiger partial charge in [0.25, 0.3) is 20.2 Å². The predicted octanol–water partition coefficient (Wildman–Crippen LogP) is 7.67. The van der Waals surface area contributed by atoms with Gasteiger partial charge >= 0.3 is 0 Å². The summed E-state index contributed by atoms with van der Waals surface area (Å²) in [4.78, 5) is 1.57. The molecule has 0 aromatic heterocycles. The molecule has 1 aliphatic rings. The summed E-state index contributed by atoms with van der Waals surface area (Å²) in [7, 11) is -9.11. The third kappa shape index (κ3) is 7.05. The summed E-state index contributed by atoms with van der Waals surface area (Å²) in [5.41, 5.74) is 4.39. The number of benzene rings is 4. The van der Waals surface area contributed by atoms with E-state index in [0.29, 0.717) is 9.79 Å². The van der Waals surface area contributed by atoms with Gasteiger partial charge in [0.1, 0.15) is 0 Å². The van der Waals surface area contributed by atoms with Gasteiger partial charge in [-0.25, -0.2) is 4.21 Å². The van der Waals surface area contributed by atoms with Gasteiger partial charge in [-0.3, -0.25) is 8.37 Å². The average Bonchev–Trinajstić information content (AvgIpc) is 3.25. The van der Waals surface area contributed by atoms with Crippen LogP contribution in [-0.4, -0.2) is 34.3 Å². The third-order valence-corrected chi connectivity index (χ3v) is 11.0. The minimum atomic E-state index is -3.88. The van der Waals surface area contributed by atoms with Crippen molar-refractivity contribution >= 4 is 31.0 Å². The predicted molar refractivity (Wildman–Crippen MR) is 173 cm³/mol. The van der Waals surface area contributed by atoms with Gasteiger partial charge in [-0.15, -0.1) is 0 Å². The van der Waals surface area contributed by atoms with E-state index in [-0.39, 0.29) is 33.8 Å². The molecule has 0 bridgehead atoms. The van der Waals surface area contributed by atoms with E-state index in [1.54, 1.807) is 24.3 Å². The molecule has 232 valence electrons. The first-order valence-electron chi connectivity index (χ1n) is 14.1. The fourth-order valence-electron chi connectivity index (χ4n) is 4.55. The molecule has 44 heavy (non-hydrogen) atoms. The lowest BCUT2D eigenvalue weighted by Gasteiger charge is -2.17. The minimum absolute atomic E-state index is 0.0789. The molecule has 1 aliphatic heterocycles. The molecule has 0 spiro atoms. The van der Waals surface area contributed by atoms with Crippen molar-refractivity contribution < 1.29 is 29.4 Å². The summed E-state index contributed by atoms with van der Waals surface area (Å²) in [6.45, 7) is 11.6. The van der Waals surface area contributed by atoms with Crippen molar-refractivity contribution in [2.24, 2.45) is 10.8 Å². The normalized spacial score (nSPS) is 14.0. The van der Waals surface area contributed by atoms with Gasteiger partial charge < -0.3 is 0 Å². The van der Waals surface area contributed by atoms with Gasteiger partial charge in [0.15, 0.2) is 0 Å². The van der Waals surface area contributed by atoms with E-state index in [1.165, 1.54) is 24.3 Å². The third-order valence-electron chi connectivity index (χ3n) is 6.90. The van der Waals surface area contributed by atoms with Crippen LogP contribution in [0.5, 0.6) is 0 Å². The van der Waals surface area contributed by atoms with E-state index in [2.05, 4.69) is 0 Å². The second kappa shape index (κ2) is 11.7. The number of hydrogen-bond acceptors (Lipinski definition) is 7. The number of rotatable bonds is 8. The Morgan fingerprint density at radius 2 is 0.841 bits per heavy atom. The van der Waals surface area contributed by atoms with Crippen LogP contribution in [-0.2, 0) is 39.4 Å². The summed E-state index contributed by atoms with van der Waals surface area (Å²) >= 11 is 0. The molecule has 0 N–H and O–H groups in total. The van der Waals surface area contributed by atoms with Crippen LogP contribution in [0.25, 0.3) is 33.4 Å². The highest BCUT2D eigenvalue weighted by atomic mass is 32.2. The first-order valence-corrected chi connectivity index (χ1v) is 18.1. The molecule has 4 aromatic carbocycles. The Kier molecular flexibility index (Phi) is 8.54. The van der Waals surface area contributed by atoms with Crippen LogP contribution in [0.2, 0.25) is 0 Å². The van der Waals surface area contributed by atoms with Crippen LogP contribution in [0, 0.1) is 10.8 Å². The van der Waals surface area contributed by atoms with E-state index >= 15 is 0 Å². The molecule has 0 unspecified atom stereocenters. The van der Waals surface area contributed by atoms with Crippen molar-refractivity contribution in [1.29, 1.82) is 0 Å². The zero-order valence-electron chi connectivity index (χ0n) is 25.6. The molecule has 0 aliphatic carbocycles. The number of hydrogen-bond donors (Lipinski definition) is 0. The molecule has 0 saturated heterocycles. The summed E-state index contributed by atoms with van der Waals surface area (Å²) in [6.07, 6.45) is 0.